The molecule has 1 aromatic rings. The molecule has 5 aliphatic rings. The largest absolute Gasteiger partial charge is 0.454 e. The highest BCUT2D eigenvalue weighted by Crippen LogP contribution is 2.65. The standard InChI is InChI=1S/C29H35N3O3S/c1-3-4-18-12-23-21-8-5-16-11-19(31-32-28(30)36)7-9-20(16)26(21)22(14-29(23,2)27(18)33)17-6-10-24-25(13-17)35-15-34-24/h6,10-11,13,18,21-23,27-28,32-33,36H,5,7-9,12,14-15,30H2,1-2H3/b31-19+/t18?,21-,22+,23-,27-,28?,29-/m0/s1. The maximum Gasteiger partial charge on any atom is 0.231 e. The van der Waals surface area contributed by atoms with Crippen LogP contribution in [0.5, 0.6) is 11.5 Å². The first-order valence-electron chi connectivity index (χ1n) is 13.1. The number of fused-ring (bicyclic) bond motifs is 5. The molecule has 4 N–H and O–H groups in total. The first-order valence-corrected chi connectivity index (χ1v) is 13.6. The molecule has 0 spiro atoms. The molecule has 0 amide bonds. The summed E-state index contributed by atoms with van der Waals surface area (Å²) in [6.45, 7) is 4.47. The van der Waals surface area contributed by atoms with Crippen molar-refractivity contribution >= 4 is 18.3 Å². The minimum atomic E-state index is -0.467. The molecule has 1 aliphatic heterocycles. The van der Waals surface area contributed by atoms with Gasteiger partial charge < -0.3 is 20.3 Å². The summed E-state index contributed by atoms with van der Waals surface area (Å²) in [5, 5.41) is 16.0. The van der Waals surface area contributed by atoms with Crippen LogP contribution in [0, 0.1) is 35.0 Å². The predicted octanol–water partition coefficient (Wildman–Crippen LogP) is 4.47. The van der Waals surface area contributed by atoms with Gasteiger partial charge in [-0.1, -0.05) is 24.5 Å². The Morgan fingerprint density at radius 3 is 2.89 bits per heavy atom. The van der Waals surface area contributed by atoms with Gasteiger partial charge in [0.05, 0.1) is 11.8 Å². The minimum absolute atomic E-state index is 0.0466. The zero-order chi connectivity index (χ0) is 25.0. The Hall–Kier alpha value is -2.40. The van der Waals surface area contributed by atoms with E-state index in [9.17, 15) is 5.11 Å². The molecular weight excluding hydrogens is 470 g/mol. The van der Waals surface area contributed by atoms with E-state index in [1.165, 1.54) is 16.7 Å². The van der Waals surface area contributed by atoms with Gasteiger partial charge in [-0.3, -0.25) is 5.43 Å². The van der Waals surface area contributed by atoms with Crippen LogP contribution in [-0.2, 0) is 0 Å². The summed E-state index contributed by atoms with van der Waals surface area (Å²) >= 11 is 4.18. The predicted molar refractivity (Wildman–Crippen MR) is 144 cm³/mol. The molecule has 0 aromatic heterocycles. The summed E-state index contributed by atoms with van der Waals surface area (Å²) in [6, 6.07) is 6.40. The molecule has 190 valence electrons. The van der Waals surface area contributed by atoms with Crippen LogP contribution in [0.1, 0.15) is 63.9 Å². The molecule has 0 bridgehead atoms. The molecule has 2 saturated carbocycles. The summed E-state index contributed by atoms with van der Waals surface area (Å²) in [6.07, 6.45) is 7.73. The van der Waals surface area contributed by atoms with Crippen molar-refractivity contribution in [2.24, 2.45) is 34.0 Å². The fourth-order valence-corrected chi connectivity index (χ4v) is 7.75. The lowest BCUT2D eigenvalue weighted by Crippen LogP contribution is -2.45. The minimum Gasteiger partial charge on any atom is -0.454 e. The summed E-state index contributed by atoms with van der Waals surface area (Å²) in [5.74, 6) is 9.22. The summed E-state index contributed by atoms with van der Waals surface area (Å²) in [5.41, 5.74) is 14.7. The molecule has 6 rings (SSSR count). The highest BCUT2D eigenvalue weighted by atomic mass is 32.1. The van der Waals surface area contributed by atoms with Crippen LogP contribution in [0.2, 0.25) is 0 Å². The van der Waals surface area contributed by atoms with Gasteiger partial charge in [-0.15, -0.1) is 18.5 Å². The number of aliphatic hydroxyl groups is 1. The molecule has 2 unspecified atom stereocenters. The molecule has 7 heteroatoms. The van der Waals surface area contributed by atoms with Crippen LogP contribution in [-0.4, -0.2) is 29.2 Å². The molecule has 7 atom stereocenters. The molecule has 6 nitrogen and oxygen atoms in total. The average Bonchev–Trinajstić information content (AvgIpc) is 3.44. The second kappa shape index (κ2) is 9.16. The summed E-state index contributed by atoms with van der Waals surface area (Å²) < 4.78 is 11.4. The smallest absolute Gasteiger partial charge is 0.231 e. The maximum atomic E-state index is 11.5. The fraction of sp³-hybridized carbons (Fsp3) is 0.552. The third-order valence-electron chi connectivity index (χ3n) is 9.22. The van der Waals surface area contributed by atoms with E-state index in [4.69, 9.17) is 15.2 Å². The number of hydrogen-bond acceptors (Lipinski definition) is 7. The van der Waals surface area contributed by atoms with Gasteiger partial charge in [-0.25, -0.2) is 0 Å². The van der Waals surface area contributed by atoms with Crippen LogP contribution in [0.4, 0.5) is 0 Å². The third-order valence-corrected chi connectivity index (χ3v) is 9.33. The number of hydrogen-bond donors (Lipinski definition) is 4. The Kier molecular flexibility index (Phi) is 6.10. The SMILES string of the molecule is CC#CC1C[C@H]2[C@@H]3CCC4=C/C(=N/NC(N)S)CCC4=C3[C@@H](c3ccc4c(c3)OCO4)C[C@]2(C)[C@H]1O. The normalized spacial score (nSPS) is 36.3. The Labute approximate surface area is 218 Å². The Balaban J connectivity index is 1.46. The Morgan fingerprint density at radius 1 is 1.25 bits per heavy atom. The number of aliphatic hydroxyl groups excluding tert-OH is 1. The average molecular weight is 506 g/mol. The van der Waals surface area contributed by atoms with Gasteiger partial charge in [0.1, 0.15) is 5.50 Å². The van der Waals surface area contributed by atoms with Crippen molar-refractivity contribution in [2.45, 2.75) is 69.9 Å². The third kappa shape index (κ3) is 3.86. The van der Waals surface area contributed by atoms with Gasteiger partial charge in [0.15, 0.2) is 11.5 Å². The fourth-order valence-electron chi connectivity index (χ4n) is 7.69. The van der Waals surface area contributed by atoms with Crippen molar-refractivity contribution in [3.05, 3.63) is 46.6 Å². The van der Waals surface area contributed by atoms with Crippen molar-refractivity contribution < 1.29 is 14.6 Å². The molecular formula is C29H35N3O3S. The van der Waals surface area contributed by atoms with Crippen molar-refractivity contribution in [1.82, 2.24) is 5.43 Å². The van der Waals surface area contributed by atoms with Crippen molar-refractivity contribution in [3.8, 4) is 23.3 Å². The first kappa shape index (κ1) is 24.0. The van der Waals surface area contributed by atoms with E-state index in [2.05, 4.69) is 60.1 Å². The van der Waals surface area contributed by atoms with E-state index in [-0.39, 0.29) is 24.0 Å². The number of hydrazone groups is 1. The second-order valence-electron chi connectivity index (χ2n) is 11.1. The number of ether oxygens (including phenoxy) is 2. The van der Waals surface area contributed by atoms with Crippen molar-refractivity contribution in [1.29, 1.82) is 0 Å². The summed E-state index contributed by atoms with van der Waals surface area (Å²) in [7, 11) is 0. The van der Waals surface area contributed by atoms with E-state index in [1.807, 2.05) is 13.0 Å². The summed E-state index contributed by atoms with van der Waals surface area (Å²) in [4.78, 5) is 0. The quantitative estimate of drug-likeness (QED) is 0.211. The zero-order valence-electron chi connectivity index (χ0n) is 21.0. The van der Waals surface area contributed by atoms with Crippen molar-refractivity contribution in [2.75, 3.05) is 6.79 Å². The molecule has 1 heterocycles. The maximum absolute atomic E-state index is 11.5. The number of allylic oxidation sites excluding steroid dienone is 4. The lowest BCUT2D eigenvalue weighted by Gasteiger charge is -2.52. The van der Waals surface area contributed by atoms with E-state index < -0.39 is 11.6 Å². The molecule has 36 heavy (non-hydrogen) atoms. The van der Waals surface area contributed by atoms with E-state index in [0.29, 0.717) is 11.8 Å². The lowest BCUT2D eigenvalue weighted by atomic mass is 9.53. The van der Waals surface area contributed by atoms with Gasteiger partial charge in [-0.2, -0.15) is 5.10 Å². The molecule has 0 saturated heterocycles. The van der Waals surface area contributed by atoms with Gasteiger partial charge >= 0.3 is 0 Å². The molecule has 2 fully saturated rings. The van der Waals surface area contributed by atoms with Crippen molar-refractivity contribution in [3.63, 3.8) is 0 Å². The topological polar surface area (TPSA) is 89.1 Å². The first-order chi connectivity index (χ1) is 17.4. The zero-order valence-corrected chi connectivity index (χ0v) is 21.9. The van der Waals surface area contributed by atoms with Gasteiger partial charge in [0.25, 0.3) is 0 Å². The van der Waals surface area contributed by atoms with Crippen LogP contribution < -0.4 is 20.6 Å². The van der Waals surface area contributed by atoms with E-state index >= 15 is 0 Å². The molecule has 0 radical (unpaired) electrons. The highest BCUT2D eigenvalue weighted by Gasteiger charge is 2.59. The van der Waals surface area contributed by atoms with E-state index in [1.54, 1.807) is 5.57 Å². The number of benzene rings is 1. The van der Waals surface area contributed by atoms with E-state index in [0.717, 1.165) is 55.7 Å². The van der Waals surface area contributed by atoms with Gasteiger partial charge in [0, 0.05) is 11.8 Å². The van der Waals surface area contributed by atoms with Crippen LogP contribution >= 0.6 is 12.6 Å². The highest BCUT2D eigenvalue weighted by molar-refractivity contribution is 7.80. The number of rotatable bonds is 3. The van der Waals surface area contributed by atoms with Gasteiger partial charge in [-0.05, 0) is 97.6 Å². The number of nitrogens with two attached hydrogens (primary N) is 1. The number of nitrogens with one attached hydrogen (secondary N) is 1. The number of thiol groups is 1. The lowest BCUT2D eigenvalue weighted by molar-refractivity contribution is -0.0102. The Morgan fingerprint density at radius 2 is 2.08 bits per heavy atom. The van der Waals surface area contributed by atoms with Crippen LogP contribution in [0.25, 0.3) is 0 Å². The monoisotopic (exact) mass is 505 g/mol. The number of nitrogens with zero attached hydrogens (tertiary/aromatic N) is 1. The van der Waals surface area contributed by atoms with Crippen LogP contribution in [0.3, 0.4) is 0 Å². The van der Waals surface area contributed by atoms with Gasteiger partial charge in [0.2, 0.25) is 6.79 Å². The van der Waals surface area contributed by atoms with Crippen LogP contribution in [0.15, 0.2) is 46.1 Å². The second-order valence-corrected chi connectivity index (χ2v) is 11.6. The molecule has 1 aromatic carbocycles. The Bertz CT molecular complexity index is 1230. The molecule has 4 aliphatic carbocycles.